The molecule has 1 amide bonds. The molecule has 0 aromatic heterocycles. The van der Waals surface area contributed by atoms with Crippen LogP contribution < -0.4 is 14.9 Å². The van der Waals surface area contributed by atoms with Crippen LogP contribution in [0.5, 0.6) is 11.5 Å². The number of hydrogen-bond donors (Lipinski definition) is 1. The summed E-state index contributed by atoms with van der Waals surface area (Å²) in [4.78, 5) is 11.9. The Morgan fingerprint density at radius 3 is 2.64 bits per heavy atom. The summed E-state index contributed by atoms with van der Waals surface area (Å²) in [6.07, 6.45) is 2.38. The van der Waals surface area contributed by atoms with E-state index in [1.165, 1.54) is 6.21 Å². The molecule has 25 heavy (non-hydrogen) atoms. The van der Waals surface area contributed by atoms with Crippen molar-refractivity contribution < 1.29 is 14.3 Å². The predicted molar refractivity (Wildman–Crippen MR) is 99.9 cm³/mol. The minimum absolute atomic E-state index is 0.282. The summed E-state index contributed by atoms with van der Waals surface area (Å²) in [5.74, 6) is 0.797. The zero-order valence-electron chi connectivity index (χ0n) is 14.3. The second kappa shape index (κ2) is 9.69. The van der Waals surface area contributed by atoms with Gasteiger partial charge in [-0.2, -0.15) is 5.10 Å². The number of benzene rings is 2. The van der Waals surface area contributed by atoms with Crippen molar-refractivity contribution in [2.45, 2.75) is 20.3 Å². The maximum Gasteiger partial charge on any atom is 0.271 e. The summed E-state index contributed by atoms with van der Waals surface area (Å²) in [5, 5.41) is 4.41. The maximum atomic E-state index is 11.9. The number of hydrogen-bond acceptors (Lipinski definition) is 4. The largest absolute Gasteiger partial charge is 0.490 e. The summed E-state index contributed by atoms with van der Waals surface area (Å²) >= 11 is 6.29. The van der Waals surface area contributed by atoms with E-state index in [1.54, 1.807) is 36.4 Å². The zero-order valence-corrected chi connectivity index (χ0v) is 15.0. The van der Waals surface area contributed by atoms with Gasteiger partial charge in [0.1, 0.15) is 0 Å². The average molecular weight is 361 g/mol. The first-order valence-electron chi connectivity index (χ1n) is 8.13. The van der Waals surface area contributed by atoms with E-state index in [0.717, 1.165) is 6.42 Å². The molecule has 0 fully saturated rings. The lowest BCUT2D eigenvalue weighted by Crippen LogP contribution is -2.17. The van der Waals surface area contributed by atoms with Gasteiger partial charge < -0.3 is 9.47 Å². The van der Waals surface area contributed by atoms with Crippen LogP contribution >= 0.6 is 11.6 Å². The van der Waals surface area contributed by atoms with E-state index in [1.807, 2.05) is 19.9 Å². The van der Waals surface area contributed by atoms with Crippen molar-refractivity contribution >= 4 is 23.7 Å². The molecule has 0 aliphatic carbocycles. The Labute approximate surface area is 152 Å². The SMILES string of the molecule is CCCOc1c(Cl)cc(/C=N/NC(=O)c2ccccc2)cc1OCC. The van der Waals surface area contributed by atoms with Crippen molar-refractivity contribution in [2.24, 2.45) is 5.10 Å². The molecule has 0 unspecified atom stereocenters. The van der Waals surface area contributed by atoms with Gasteiger partial charge in [-0.05, 0) is 43.2 Å². The molecule has 0 spiro atoms. The molecule has 5 nitrogen and oxygen atoms in total. The van der Waals surface area contributed by atoms with Gasteiger partial charge in [-0.25, -0.2) is 5.43 Å². The Kier molecular flexibility index (Phi) is 7.29. The highest BCUT2D eigenvalue weighted by atomic mass is 35.5. The van der Waals surface area contributed by atoms with Crippen LogP contribution in [0.25, 0.3) is 0 Å². The second-order valence-corrected chi connectivity index (χ2v) is 5.58. The smallest absolute Gasteiger partial charge is 0.271 e. The van der Waals surface area contributed by atoms with Crippen LogP contribution in [0.1, 0.15) is 36.2 Å². The number of hydrazone groups is 1. The predicted octanol–water partition coefficient (Wildman–Crippen LogP) is 4.29. The van der Waals surface area contributed by atoms with E-state index in [-0.39, 0.29) is 5.91 Å². The van der Waals surface area contributed by atoms with E-state index in [4.69, 9.17) is 21.1 Å². The van der Waals surface area contributed by atoms with Crippen LogP contribution in [0.15, 0.2) is 47.6 Å². The zero-order chi connectivity index (χ0) is 18.1. The molecular weight excluding hydrogens is 340 g/mol. The van der Waals surface area contributed by atoms with Gasteiger partial charge in [-0.3, -0.25) is 4.79 Å². The molecule has 2 aromatic rings. The highest BCUT2D eigenvalue weighted by Crippen LogP contribution is 2.36. The van der Waals surface area contributed by atoms with Crippen molar-refractivity contribution in [2.75, 3.05) is 13.2 Å². The normalized spacial score (nSPS) is 10.7. The topological polar surface area (TPSA) is 59.9 Å². The van der Waals surface area contributed by atoms with Crippen molar-refractivity contribution in [3.05, 3.63) is 58.6 Å². The van der Waals surface area contributed by atoms with Gasteiger partial charge in [-0.15, -0.1) is 0 Å². The van der Waals surface area contributed by atoms with Crippen molar-refractivity contribution in [3.63, 3.8) is 0 Å². The molecule has 0 heterocycles. The van der Waals surface area contributed by atoms with E-state index in [9.17, 15) is 4.79 Å². The molecule has 0 radical (unpaired) electrons. The quantitative estimate of drug-likeness (QED) is 0.564. The minimum atomic E-state index is -0.282. The second-order valence-electron chi connectivity index (χ2n) is 5.18. The third kappa shape index (κ3) is 5.50. The molecule has 0 atom stereocenters. The fraction of sp³-hybridized carbons (Fsp3) is 0.263. The first-order chi connectivity index (χ1) is 12.2. The number of ether oxygens (including phenoxy) is 2. The number of nitrogens with zero attached hydrogens (tertiary/aromatic N) is 1. The average Bonchev–Trinajstić information content (AvgIpc) is 2.62. The summed E-state index contributed by atoms with van der Waals surface area (Å²) in [7, 11) is 0. The van der Waals surface area contributed by atoms with E-state index in [0.29, 0.717) is 40.9 Å². The minimum Gasteiger partial charge on any atom is -0.490 e. The summed E-state index contributed by atoms with van der Waals surface area (Å²) in [6, 6.07) is 12.4. The third-order valence-electron chi connectivity index (χ3n) is 3.20. The fourth-order valence-corrected chi connectivity index (χ4v) is 2.36. The number of rotatable bonds is 8. The monoisotopic (exact) mass is 360 g/mol. The first-order valence-corrected chi connectivity index (χ1v) is 8.51. The van der Waals surface area contributed by atoms with Gasteiger partial charge in [0.15, 0.2) is 11.5 Å². The van der Waals surface area contributed by atoms with Gasteiger partial charge in [0.25, 0.3) is 5.91 Å². The number of carbonyl (C=O) groups excluding carboxylic acids is 1. The Morgan fingerprint density at radius 2 is 1.96 bits per heavy atom. The molecule has 2 aromatic carbocycles. The van der Waals surface area contributed by atoms with Gasteiger partial charge >= 0.3 is 0 Å². The standard InChI is InChI=1S/C19H21ClN2O3/c1-3-10-25-18-16(20)11-14(12-17(18)24-4-2)13-21-22-19(23)15-8-6-5-7-9-15/h5-9,11-13H,3-4,10H2,1-2H3,(H,22,23)/b21-13+. The van der Waals surface area contributed by atoms with Crippen LogP contribution in [0.4, 0.5) is 0 Å². The van der Waals surface area contributed by atoms with Crippen LogP contribution in [0.3, 0.4) is 0 Å². The van der Waals surface area contributed by atoms with Gasteiger partial charge in [0.2, 0.25) is 0 Å². The highest BCUT2D eigenvalue weighted by molar-refractivity contribution is 6.32. The summed E-state index contributed by atoms with van der Waals surface area (Å²) in [6.45, 7) is 4.95. The number of amides is 1. The molecule has 132 valence electrons. The van der Waals surface area contributed by atoms with Gasteiger partial charge in [-0.1, -0.05) is 36.7 Å². The van der Waals surface area contributed by atoms with Crippen molar-refractivity contribution in [3.8, 4) is 11.5 Å². The molecular formula is C19H21ClN2O3. The van der Waals surface area contributed by atoms with Crippen LogP contribution in [0.2, 0.25) is 5.02 Å². The maximum absolute atomic E-state index is 11.9. The highest BCUT2D eigenvalue weighted by Gasteiger charge is 2.12. The number of carbonyl (C=O) groups is 1. The molecule has 0 bridgehead atoms. The van der Waals surface area contributed by atoms with Crippen molar-refractivity contribution in [1.29, 1.82) is 0 Å². The fourth-order valence-electron chi connectivity index (χ4n) is 2.09. The first kappa shape index (κ1) is 18.8. The van der Waals surface area contributed by atoms with Crippen LogP contribution in [-0.2, 0) is 0 Å². The molecule has 0 aliphatic heterocycles. The molecule has 2 rings (SSSR count). The Bertz CT molecular complexity index is 733. The van der Waals surface area contributed by atoms with Crippen molar-refractivity contribution in [1.82, 2.24) is 5.43 Å². The summed E-state index contributed by atoms with van der Waals surface area (Å²) < 4.78 is 11.2. The number of nitrogens with one attached hydrogen (secondary N) is 1. The van der Waals surface area contributed by atoms with Gasteiger partial charge in [0, 0.05) is 5.56 Å². The molecule has 0 aliphatic rings. The van der Waals surface area contributed by atoms with E-state index in [2.05, 4.69) is 10.5 Å². The van der Waals surface area contributed by atoms with Gasteiger partial charge in [0.05, 0.1) is 24.5 Å². The van der Waals surface area contributed by atoms with E-state index < -0.39 is 0 Å². The molecule has 0 saturated carbocycles. The molecule has 0 saturated heterocycles. The summed E-state index contributed by atoms with van der Waals surface area (Å²) in [5.41, 5.74) is 3.72. The lowest BCUT2D eigenvalue weighted by molar-refractivity contribution is 0.0955. The Hall–Kier alpha value is -2.53. The lowest BCUT2D eigenvalue weighted by Gasteiger charge is -2.13. The molecule has 1 N–H and O–H groups in total. The lowest BCUT2D eigenvalue weighted by atomic mass is 10.2. The molecule has 6 heteroatoms. The van der Waals surface area contributed by atoms with Crippen LogP contribution in [-0.4, -0.2) is 25.3 Å². The Balaban J connectivity index is 2.12. The third-order valence-corrected chi connectivity index (χ3v) is 3.48. The number of halogens is 1. The van der Waals surface area contributed by atoms with E-state index >= 15 is 0 Å². The Morgan fingerprint density at radius 1 is 1.20 bits per heavy atom. The van der Waals surface area contributed by atoms with Crippen LogP contribution in [0, 0.1) is 0 Å².